The summed E-state index contributed by atoms with van der Waals surface area (Å²) in [7, 11) is 0. The van der Waals surface area contributed by atoms with E-state index in [1.807, 2.05) is 0 Å². The molecule has 0 aliphatic carbocycles. The second kappa shape index (κ2) is 6.54. The second-order valence-electron chi connectivity index (χ2n) is 6.36. The molecule has 102 valence electrons. The summed E-state index contributed by atoms with van der Waals surface area (Å²) in [6.45, 7) is 10.6. The van der Waals surface area contributed by atoms with E-state index in [0.29, 0.717) is 5.92 Å². The predicted molar refractivity (Wildman–Crippen MR) is 74.2 cm³/mol. The fourth-order valence-electron chi connectivity index (χ4n) is 3.17. The highest BCUT2D eigenvalue weighted by atomic mass is 15.2. The topological polar surface area (TPSA) is 30.3 Å². The zero-order valence-electron chi connectivity index (χ0n) is 11.9. The molecule has 3 heteroatoms. The summed E-state index contributed by atoms with van der Waals surface area (Å²) >= 11 is 0. The summed E-state index contributed by atoms with van der Waals surface area (Å²) < 4.78 is 0. The molecular weight excluding hydrogens is 222 g/mol. The monoisotopic (exact) mass is 249 g/mol. The van der Waals surface area contributed by atoms with Crippen LogP contribution in [0.25, 0.3) is 0 Å². The van der Waals surface area contributed by atoms with E-state index in [1.165, 1.54) is 38.9 Å². The third-order valence-corrected chi connectivity index (χ3v) is 4.50. The molecule has 2 rings (SSSR count). The highest BCUT2D eigenvalue weighted by Crippen LogP contribution is 2.24. The lowest BCUT2D eigenvalue weighted by Crippen LogP contribution is -2.44. The lowest BCUT2D eigenvalue weighted by atomic mass is 10.0. The molecule has 2 heterocycles. The number of piperidine rings is 1. The predicted octanol–water partition coefficient (Wildman–Crippen LogP) is 2.34. The minimum absolute atomic E-state index is 0.295. The van der Waals surface area contributed by atoms with Crippen LogP contribution >= 0.6 is 0 Å². The first-order chi connectivity index (χ1) is 8.69. The third kappa shape index (κ3) is 3.70. The van der Waals surface area contributed by atoms with Gasteiger partial charge in [-0.3, -0.25) is 4.90 Å². The Hall–Kier alpha value is -0.590. The maximum atomic E-state index is 8.96. The Kier molecular flexibility index (Phi) is 5.03. The number of rotatable bonds is 4. The normalized spacial score (nSPS) is 27.8. The van der Waals surface area contributed by atoms with Crippen molar-refractivity contribution < 1.29 is 0 Å². The van der Waals surface area contributed by atoms with E-state index in [9.17, 15) is 0 Å². The molecule has 1 unspecified atom stereocenters. The first kappa shape index (κ1) is 13.8. The Morgan fingerprint density at radius 3 is 2.44 bits per heavy atom. The third-order valence-electron chi connectivity index (χ3n) is 4.50. The molecule has 3 nitrogen and oxygen atoms in total. The van der Waals surface area contributed by atoms with Gasteiger partial charge in [0.05, 0.1) is 12.0 Å². The van der Waals surface area contributed by atoms with E-state index in [0.717, 1.165) is 31.5 Å². The van der Waals surface area contributed by atoms with E-state index in [4.69, 9.17) is 5.26 Å². The summed E-state index contributed by atoms with van der Waals surface area (Å²) in [4.78, 5) is 5.18. The van der Waals surface area contributed by atoms with Crippen LogP contribution in [-0.2, 0) is 0 Å². The zero-order chi connectivity index (χ0) is 13.0. The van der Waals surface area contributed by atoms with Gasteiger partial charge in [0.2, 0.25) is 0 Å². The van der Waals surface area contributed by atoms with Crippen LogP contribution in [0.5, 0.6) is 0 Å². The van der Waals surface area contributed by atoms with Crippen LogP contribution in [0.1, 0.15) is 39.5 Å². The van der Waals surface area contributed by atoms with Gasteiger partial charge < -0.3 is 4.90 Å². The van der Waals surface area contributed by atoms with Gasteiger partial charge in [-0.2, -0.15) is 5.26 Å². The van der Waals surface area contributed by atoms with Gasteiger partial charge in [-0.05, 0) is 57.8 Å². The first-order valence-electron chi connectivity index (χ1n) is 7.55. The lowest BCUT2D eigenvalue weighted by molar-refractivity contribution is 0.122. The SMILES string of the molecule is CC(C)CCN1CCC(N2CCC(C#N)C2)CC1. The van der Waals surface area contributed by atoms with E-state index >= 15 is 0 Å². The number of nitrogens with zero attached hydrogens (tertiary/aromatic N) is 3. The molecule has 2 fully saturated rings. The van der Waals surface area contributed by atoms with Gasteiger partial charge in [0.15, 0.2) is 0 Å². The molecule has 0 spiro atoms. The average Bonchev–Trinajstić information content (AvgIpc) is 2.85. The van der Waals surface area contributed by atoms with E-state index in [1.54, 1.807) is 0 Å². The molecule has 0 aromatic rings. The van der Waals surface area contributed by atoms with Crippen LogP contribution in [0.3, 0.4) is 0 Å². The van der Waals surface area contributed by atoms with Crippen LogP contribution in [0.15, 0.2) is 0 Å². The van der Waals surface area contributed by atoms with Crippen molar-refractivity contribution in [2.24, 2.45) is 11.8 Å². The van der Waals surface area contributed by atoms with Gasteiger partial charge in [-0.15, -0.1) is 0 Å². The largest absolute Gasteiger partial charge is 0.303 e. The van der Waals surface area contributed by atoms with Crippen molar-refractivity contribution in [1.29, 1.82) is 5.26 Å². The molecule has 0 saturated carbocycles. The van der Waals surface area contributed by atoms with Crippen molar-refractivity contribution in [2.75, 3.05) is 32.7 Å². The highest BCUT2D eigenvalue weighted by Gasteiger charge is 2.30. The molecular formula is C15H27N3. The summed E-state index contributed by atoms with van der Waals surface area (Å²) in [6, 6.07) is 3.17. The number of likely N-dealkylation sites (tertiary alicyclic amines) is 2. The minimum atomic E-state index is 0.295. The maximum Gasteiger partial charge on any atom is 0.0669 e. The molecule has 0 amide bonds. The van der Waals surface area contributed by atoms with E-state index in [-0.39, 0.29) is 0 Å². The van der Waals surface area contributed by atoms with Gasteiger partial charge in [-0.25, -0.2) is 0 Å². The van der Waals surface area contributed by atoms with Crippen LogP contribution in [0, 0.1) is 23.2 Å². The van der Waals surface area contributed by atoms with Crippen LogP contribution in [0.2, 0.25) is 0 Å². The van der Waals surface area contributed by atoms with Crippen molar-refractivity contribution in [3.8, 4) is 6.07 Å². The second-order valence-corrected chi connectivity index (χ2v) is 6.36. The highest BCUT2D eigenvalue weighted by molar-refractivity contribution is 4.93. The number of hydrogen-bond acceptors (Lipinski definition) is 3. The molecule has 0 radical (unpaired) electrons. The van der Waals surface area contributed by atoms with Crippen molar-refractivity contribution in [1.82, 2.24) is 9.80 Å². The summed E-state index contributed by atoms with van der Waals surface area (Å²) in [5.41, 5.74) is 0. The maximum absolute atomic E-state index is 8.96. The van der Waals surface area contributed by atoms with Gasteiger partial charge in [0, 0.05) is 12.6 Å². The number of hydrogen-bond donors (Lipinski definition) is 0. The Balaban J connectivity index is 1.69. The number of nitriles is 1. The summed E-state index contributed by atoms with van der Waals surface area (Å²) in [5, 5.41) is 8.96. The van der Waals surface area contributed by atoms with Crippen molar-refractivity contribution in [2.45, 2.75) is 45.6 Å². The van der Waals surface area contributed by atoms with E-state index < -0.39 is 0 Å². The molecule has 2 saturated heterocycles. The van der Waals surface area contributed by atoms with Crippen molar-refractivity contribution >= 4 is 0 Å². The van der Waals surface area contributed by atoms with Gasteiger partial charge in [-0.1, -0.05) is 13.8 Å². The molecule has 0 aromatic carbocycles. The van der Waals surface area contributed by atoms with Crippen molar-refractivity contribution in [3.63, 3.8) is 0 Å². The minimum Gasteiger partial charge on any atom is -0.303 e. The Bertz CT molecular complexity index is 287. The van der Waals surface area contributed by atoms with Crippen molar-refractivity contribution in [3.05, 3.63) is 0 Å². The molecule has 0 N–H and O–H groups in total. The van der Waals surface area contributed by atoms with Crippen LogP contribution < -0.4 is 0 Å². The Morgan fingerprint density at radius 1 is 1.17 bits per heavy atom. The van der Waals surface area contributed by atoms with Crippen LogP contribution in [-0.4, -0.2) is 48.6 Å². The fraction of sp³-hybridized carbons (Fsp3) is 0.933. The molecule has 2 aliphatic heterocycles. The zero-order valence-corrected chi connectivity index (χ0v) is 11.9. The standard InChI is InChI=1S/C15H27N3/c1-13(2)3-7-17-8-5-15(6-9-17)18-10-4-14(11-16)12-18/h13-15H,3-10,12H2,1-2H3. The Morgan fingerprint density at radius 2 is 1.89 bits per heavy atom. The Labute approximate surface area is 112 Å². The molecule has 0 aromatic heterocycles. The smallest absolute Gasteiger partial charge is 0.0669 e. The molecule has 18 heavy (non-hydrogen) atoms. The van der Waals surface area contributed by atoms with Gasteiger partial charge >= 0.3 is 0 Å². The fourth-order valence-corrected chi connectivity index (χ4v) is 3.17. The van der Waals surface area contributed by atoms with Crippen LogP contribution in [0.4, 0.5) is 0 Å². The van der Waals surface area contributed by atoms with Gasteiger partial charge in [0.1, 0.15) is 0 Å². The summed E-state index contributed by atoms with van der Waals surface area (Å²) in [5.74, 6) is 1.11. The molecule has 0 bridgehead atoms. The summed E-state index contributed by atoms with van der Waals surface area (Å²) in [6.07, 6.45) is 5.02. The molecule has 1 atom stereocenters. The quantitative estimate of drug-likeness (QED) is 0.766. The molecule has 2 aliphatic rings. The van der Waals surface area contributed by atoms with E-state index in [2.05, 4.69) is 29.7 Å². The van der Waals surface area contributed by atoms with Gasteiger partial charge in [0.25, 0.3) is 0 Å². The average molecular weight is 249 g/mol. The first-order valence-corrected chi connectivity index (χ1v) is 7.55. The lowest BCUT2D eigenvalue weighted by Gasteiger charge is -2.36.